The summed E-state index contributed by atoms with van der Waals surface area (Å²) in [6, 6.07) is 7.40. The Kier molecular flexibility index (Phi) is 7.32. The zero-order valence-corrected chi connectivity index (χ0v) is 16.6. The van der Waals surface area contributed by atoms with Crippen LogP contribution >= 0.6 is 23.7 Å². The average molecular weight is 411 g/mol. The number of rotatable bonds is 5. The van der Waals surface area contributed by atoms with Crippen LogP contribution in [0.15, 0.2) is 29.6 Å². The van der Waals surface area contributed by atoms with E-state index in [1.165, 1.54) is 18.3 Å². The van der Waals surface area contributed by atoms with E-state index in [1.54, 1.807) is 0 Å². The normalized spacial score (nSPS) is 15.5. The highest BCUT2D eigenvalue weighted by Crippen LogP contribution is 2.32. The van der Waals surface area contributed by atoms with Gasteiger partial charge in [-0.3, -0.25) is 9.59 Å². The molecule has 7 nitrogen and oxygen atoms in total. The lowest BCUT2D eigenvalue weighted by atomic mass is 9.79. The molecule has 3 rings (SSSR count). The van der Waals surface area contributed by atoms with Crippen LogP contribution in [0.25, 0.3) is 11.3 Å². The van der Waals surface area contributed by atoms with Gasteiger partial charge in [-0.1, -0.05) is 12.1 Å². The Morgan fingerprint density at radius 2 is 1.89 bits per heavy atom. The number of nitrogens with one attached hydrogen (secondary N) is 2. The minimum Gasteiger partial charge on any atom is -0.381 e. The minimum absolute atomic E-state index is 0. The van der Waals surface area contributed by atoms with Crippen molar-refractivity contribution < 1.29 is 14.3 Å². The summed E-state index contributed by atoms with van der Waals surface area (Å²) in [5.41, 5.74) is 7.71. The third kappa shape index (κ3) is 5.04. The van der Waals surface area contributed by atoms with E-state index in [4.69, 9.17) is 10.5 Å². The second-order valence-electron chi connectivity index (χ2n) is 6.35. The number of benzene rings is 1. The van der Waals surface area contributed by atoms with Crippen molar-refractivity contribution in [2.24, 2.45) is 11.1 Å². The Morgan fingerprint density at radius 1 is 1.22 bits per heavy atom. The minimum atomic E-state index is -0.579. The predicted octanol–water partition coefficient (Wildman–Crippen LogP) is 2.88. The van der Waals surface area contributed by atoms with E-state index in [0.717, 1.165) is 16.9 Å². The van der Waals surface area contributed by atoms with E-state index in [9.17, 15) is 9.59 Å². The molecule has 27 heavy (non-hydrogen) atoms. The van der Waals surface area contributed by atoms with E-state index in [2.05, 4.69) is 15.6 Å². The smallest absolute Gasteiger partial charge is 0.233 e. The number of thiazole rings is 1. The van der Waals surface area contributed by atoms with Crippen LogP contribution in [0.1, 0.15) is 19.8 Å². The number of anilines is 2. The molecular formula is C18H23ClN4O3S. The first-order valence-corrected chi connectivity index (χ1v) is 9.33. The molecule has 0 atom stereocenters. The van der Waals surface area contributed by atoms with E-state index in [1.807, 2.05) is 29.6 Å². The summed E-state index contributed by atoms with van der Waals surface area (Å²) in [4.78, 5) is 28.3. The maximum atomic E-state index is 12.7. The highest BCUT2D eigenvalue weighted by molar-refractivity contribution is 7.14. The number of amides is 2. The van der Waals surface area contributed by atoms with Gasteiger partial charge in [-0.05, 0) is 25.0 Å². The fourth-order valence-electron chi connectivity index (χ4n) is 2.91. The predicted molar refractivity (Wildman–Crippen MR) is 109 cm³/mol. The zero-order chi connectivity index (χ0) is 18.6. The van der Waals surface area contributed by atoms with Crippen LogP contribution in [-0.2, 0) is 14.3 Å². The number of hydrogen-bond acceptors (Lipinski definition) is 6. The van der Waals surface area contributed by atoms with Crippen LogP contribution < -0.4 is 16.4 Å². The van der Waals surface area contributed by atoms with Crippen LogP contribution in [0.2, 0.25) is 0 Å². The molecule has 0 spiro atoms. The van der Waals surface area contributed by atoms with E-state index < -0.39 is 5.41 Å². The van der Waals surface area contributed by atoms with Crippen LogP contribution in [0, 0.1) is 5.41 Å². The van der Waals surface area contributed by atoms with Crippen molar-refractivity contribution in [2.75, 3.05) is 30.4 Å². The molecule has 0 aliphatic carbocycles. The quantitative estimate of drug-likeness (QED) is 0.702. The largest absolute Gasteiger partial charge is 0.381 e. The second-order valence-corrected chi connectivity index (χ2v) is 7.21. The Hall–Kier alpha value is -2.00. The van der Waals surface area contributed by atoms with Gasteiger partial charge in [0.25, 0.3) is 0 Å². The molecule has 1 aliphatic rings. The maximum absolute atomic E-state index is 12.7. The van der Waals surface area contributed by atoms with Crippen molar-refractivity contribution in [3.8, 4) is 11.3 Å². The molecule has 1 aromatic carbocycles. The number of nitrogens with zero attached hydrogens (tertiary/aromatic N) is 1. The van der Waals surface area contributed by atoms with Crippen molar-refractivity contribution in [3.05, 3.63) is 29.6 Å². The molecule has 4 N–H and O–H groups in total. The average Bonchev–Trinajstić information content (AvgIpc) is 3.11. The number of aromatic nitrogens is 1. The van der Waals surface area contributed by atoms with Crippen molar-refractivity contribution >= 4 is 46.4 Å². The first kappa shape index (κ1) is 21.3. The van der Waals surface area contributed by atoms with Gasteiger partial charge in [-0.15, -0.1) is 23.7 Å². The molecule has 1 saturated heterocycles. The van der Waals surface area contributed by atoms with Gasteiger partial charge >= 0.3 is 0 Å². The van der Waals surface area contributed by atoms with E-state index in [0.29, 0.717) is 37.7 Å². The maximum Gasteiger partial charge on any atom is 0.233 e. The molecule has 1 aromatic heterocycles. The van der Waals surface area contributed by atoms with Crippen LogP contribution in [0.4, 0.5) is 10.8 Å². The van der Waals surface area contributed by atoms with Gasteiger partial charge in [0.2, 0.25) is 11.8 Å². The summed E-state index contributed by atoms with van der Waals surface area (Å²) in [5.74, 6) is -0.205. The fraction of sp³-hybridized carbons (Fsp3) is 0.389. The number of halogens is 1. The van der Waals surface area contributed by atoms with Gasteiger partial charge in [0, 0.05) is 43.3 Å². The Balaban J connectivity index is 0.00000261. The standard InChI is InChI=1S/C18H22N4O3S.ClH/c1-12(23)20-14-4-2-13(3-5-14)15-10-26-17(21-15)22-16(24)18(11-19)6-8-25-9-7-18;/h2-5,10H,6-9,11,19H2,1H3,(H,20,23)(H,21,22,24);1H. The number of nitrogens with two attached hydrogens (primary N) is 1. The Morgan fingerprint density at radius 3 is 2.48 bits per heavy atom. The molecule has 1 aliphatic heterocycles. The lowest BCUT2D eigenvalue weighted by Crippen LogP contribution is -2.46. The summed E-state index contributed by atoms with van der Waals surface area (Å²) >= 11 is 1.38. The number of carbonyl (C=O) groups is 2. The molecule has 0 radical (unpaired) electrons. The molecule has 9 heteroatoms. The highest BCUT2D eigenvalue weighted by Gasteiger charge is 2.39. The molecule has 146 valence electrons. The number of hydrogen-bond donors (Lipinski definition) is 3. The highest BCUT2D eigenvalue weighted by atomic mass is 35.5. The lowest BCUT2D eigenvalue weighted by Gasteiger charge is -2.34. The number of ether oxygens (including phenoxy) is 1. The third-order valence-corrected chi connectivity index (χ3v) is 5.31. The lowest BCUT2D eigenvalue weighted by molar-refractivity contribution is -0.130. The molecule has 0 bridgehead atoms. The van der Waals surface area contributed by atoms with Crippen LogP contribution in [0.3, 0.4) is 0 Å². The summed E-state index contributed by atoms with van der Waals surface area (Å²) in [5, 5.41) is 8.08. The summed E-state index contributed by atoms with van der Waals surface area (Å²) in [7, 11) is 0. The van der Waals surface area contributed by atoms with Crippen LogP contribution in [0.5, 0.6) is 0 Å². The summed E-state index contributed by atoms with van der Waals surface area (Å²) < 4.78 is 5.35. The molecule has 2 aromatic rings. The Bertz CT molecular complexity index is 788. The van der Waals surface area contributed by atoms with Gasteiger partial charge < -0.3 is 21.1 Å². The van der Waals surface area contributed by atoms with Gasteiger partial charge in [0.1, 0.15) is 0 Å². The molecular weight excluding hydrogens is 388 g/mol. The summed E-state index contributed by atoms with van der Waals surface area (Å²) in [6.45, 7) is 2.86. The molecule has 2 heterocycles. The number of carbonyl (C=O) groups excluding carboxylic acids is 2. The summed E-state index contributed by atoms with van der Waals surface area (Å²) in [6.07, 6.45) is 1.25. The van der Waals surface area contributed by atoms with Gasteiger partial charge in [0.15, 0.2) is 5.13 Å². The van der Waals surface area contributed by atoms with Crippen LogP contribution in [-0.4, -0.2) is 36.6 Å². The molecule has 0 saturated carbocycles. The second kappa shape index (κ2) is 9.27. The molecule has 1 fully saturated rings. The van der Waals surface area contributed by atoms with Crippen molar-refractivity contribution in [1.82, 2.24) is 4.98 Å². The first-order chi connectivity index (χ1) is 12.5. The SMILES string of the molecule is CC(=O)Nc1ccc(-c2csc(NC(=O)C3(CN)CCOCC3)n2)cc1.Cl. The molecule has 2 amide bonds. The Labute approximate surface area is 168 Å². The van der Waals surface area contributed by atoms with Crippen molar-refractivity contribution in [3.63, 3.8) is 0 Å². The molecule has 0 unspecified atom stereocenters. The van der Waals surface area contributed by atoms with Gasteiger partial charge in [-0.25, -0.2) is 4.98 Å². The van der Waals surface area contributed by atoms with Gasteiger partial charge in [-0.2, -0.15) is 0 Å². The topological polar surface area (TPSA) is 106 Å². The van der Waals surface area contributed by atoms with E-state index in [-0.39, 0.29) is 24.2 Å². The van der Waals surface area contributed by atoms with Crippen molar-refractivity contribution in [1.29, 1.82) is 0 Å². The monoisotopic (exact) mass is 410 g/mol. The fourth-order valence-corrected chi connectivity index (χ4v) is 3.62. The van der Waals surface area contributed by atoms with Gasteiger partial charge in [0.05, 0.1) is 11.1 Å². The zero-order valence-electron chi connectivity index (χ0n) is 15.0. The van der Waals surface area contributed by atoms with E-state index >= 15 is 0 Å². The van der Waals surface area contributed by atoms with Crippen molar-refractivity contribution in [2.45, 2.75) is 19.8 Å². The first-order valence-electron chi connectivity index (χ1n) is 8.45. The third-order valence-electron chi connectivity index (χ3n) is 4.55.